The monoisotopic (exact) mass is 473 g/mol. The lowest BCUT2D eigenvalue weighted by Gasteiger charge is -2.53. The number of aromatic nitrogens is 1. The fourth-order valence-electron chi connectivity index (χ4n) is 3.89. The Morgan fingerprint density at radius 1 is 1.33 bits per heavy atom. The van der Waals surface area contributed by atoms with Crippen LogP contribution in [0.25, 0.3) is 0 Å². The summed E-state index contributed by atoms with van der Waals surface area (Å²) < 4.78 is 48.3. The van der Waals surface area contributed by atoms with Crippen LogP contribution in [0, 0.1) is 19.8 Å². The molecular formula is C21H26F3N3O6. The van der Waals surface area contributed by atoms with Gasteiger partial charge in [0.1, 0.15) is 5.76 Å². The number of carboxylic acid groups (broad SMARTS) is 1. The van der Waals surface area contributed by atoms with Crippen molar-refractivity contribution in [2.45, 2.75) is 45.0 Å². The molecule has 182 valence electrons. The SMILES string of the molecule is Cc1noc(C)c1CN1CC2(CCC(CNC(=O)c3ccco3)CO2)C1.O=C(O)C(F)(F)F. The van der Waals surface area contributed by atoms with Gasteiger partial charge < -0.3 is 24.1 Å². The van der Waals surface area contributed by atoms with Crippen molar-refractivity contribution in [2.75, 3.05) is 26.2 Å². The summed E-state index contributed by atoms with van der Waals surface area (Å²) in [7, 11) is 0. The van der Waals surface area contributed by atoms with Crippen molar-refractivity contribution in [3.63, 3.8) is 0 Å². The van der Waals surface area contributed by atoms with Crippen LogP contribution in [0.1, 0.15) is 40.4 Å². The second-order valence-corrected chi connectivity index (χ2v) is 8.34. The highest BCUT2D eigenvalue weighted by molar-refractivity contribution is 5.91. The van der Waals surface area contributed by atoms with Gasteiger partial charge in [0.15, 0.2) is 5.76 Å². The highest BCUT2D eigenvalue weighted by Gasteiger charge is 2.46. The predicted octanol–water partition coefficient (Wildman–Crippen LogP) is 2.93. The molecule has 0 aromatic carbocycles. The van der Waals surface area contributed by atoms with Crippen molar-refractivity contribution in [1.82, 2.24) is 15.4 Å². The number of carbonyl (C=O) groups excluding carboxylic acids is 1. The quantitative estimate of drug-likeness (QED) is 0.681. The molecule has 2 aliphatic rings. The number of nitrogens with zero attached hydrogens (tertiary/aromatic N) is 2. The highest BCUT2D eigenvalue weighted by atomic mass is 19.4. The van der Waals surface area contributed by atoms with Crippen LogP contribution < -0.4 is 5.32 Å². The van der Waals surface area contributed by atoms with Crippen molar-refractivity contribution >= 4 is 11.9 Å². The largest absolute Gasteiger partial charge is 0.490 e. The van der Waals surface area contributed by atoms with Crippen LogP contribution >= 0.6 is 0 Å². The molecule has 2 aliphatic heterocycles. The lowest BCUT2D eigenvalue weighted by molar-refractivity contribution is -0.192. The maximum absolute atomic E-state index is 11.9. The first kappa shape index (κ1) is 24.8. The van der Waals surface area contributed by atoms with Gasteiger partial charge in [0, 0.05) is 31.7 Å². The molecule has 2 saturated heterocycles. The van der Waals surface area contributed by atoms with Gasteiger partial charge in [-0.25, -0.2) is 4.79 Å². The van der Waals surface area contributed by atoms with E-state index in [0.29, 0.717) is 24.8 Å². The van der Waals surface area contributed by atoms with Gasteiger partial charge in [-0.2, -0.15) is 13.2 Å². The second-order valence-electron chi connectivity index (χ2n) is 8.34. The Balaban J connectivity index is 0.000000383. The molecule has 1 spiro atoms. The zero-order valence-electron chi connectivity index (χ0n) is 18.3. The molecule has 2 fully saturated rings. The second kappa shape index (κ2) is 9.96. The maximum Gasteiger partial charge on any atom is 0.490 e. The Bertz CT molecular complexity index is 922. The summed E-state index contributed by atoms with van der Waals surface area (Å²) in [6, 6.07) is 3.39. The molecule has 0 radical (unpaired) electrons. The van der Waals surface area contributed by atoms with E-state index in [9.17, 15) is 18.0 Å². The van der Waals surface area contributed by atoms with E-state index in [1.807, 2.05) is 13.8 Å². The van der Waals surface area contributed by atoms with E-state index in [1.165, 1.54) is 11.8 Å². The Hall–Kier alpha value is -2.86. The first-order chi connectivity index (χ1) is 15.5. The molecule has 0 saturated carbocycles. The minimum atomic E-state index is -5.08. The van der Waals surface area contributed by atoms with Crippen molar-refractivity contribution in [2.24, 2.45) is 5.92 Å². The number of carboxylic acids is 1. The fourth-order valence-corrected chi connectivity index (χ4v) is 3.89. The third kappa shape index (κ3) is 6.35. The normalized spacial score (nSPS) is 20.0. The van der Waals surface area contributed by atoms with Gasteiger partial charge in [0.25, 0.3) is 5.91 Å². The molecule has 2 aromatic rings. The van der Waals surface area contributed by atoms with Crippen LogP contribution in [-0.4, -0.2) is 65.1 Å². The number of ether oxygens (including phenoxy) is 1. The van der Waals surface area contributed by atoms with E-state index < -0.39 is 12.1 Å². The van der Waals surface area contributed by atoms with Crippen LogP contribution in [0.15, 0.2) is 27.3 Å². The number of furan rings is 1. The van der Waals surface area contributed by atoms with Gasteiger partial charge >= 0.3 is 12.1 Å². The van der Waals surface area contributed by atoms with Crippen molar-refractivity contribution in [3.8, 4) is 0 Å². The molecule has 33 heavy (non-hydrogen) atoms. The van der Waals surface area contributed by atoms with Gasteiger partial charge in [0.2, 0.25) is 0 Å². The first-order valence-corrected chi connectivity index (χ1v) is 10.4. The molecule has 0 bridgehead atoms. The zero-order chi connectivity index (χ0) is 24.2. The molecule has 2 N–H and O–H groups in total. The van der Waals surface area contributed by atoms with Crippen LogP contribution in [-0.2, 0) is 16.1 Å². The molecule has 9 nitrogen and oxygen atoms in total. The van der Waals surface area contributed by atoms with E-state index in [0.717, 1.165) is 43.9 Å². The third-order valence-electron chi connectivity index (χ3n) is 5.76. The van der Waals surface area contributed by atoms with Crippen molar-refractivity contribution in [3.05, 3.63) is 41.2 Å². The number of aliphatic carboxylic acids is 1. The minimum Gasteiger partial charge on any atom is -0.475 e. The van der Waals surface area contributed by atoms with Gasteiger partial charge in [-0.05, 0) is 44.7 Å². The summed E-state index contributed by atoms with van der Waals surface area (Å²) in [5.41, 5.74) is 2.15. The standard InChI is InChI=1S/C19H25N3O4.C2HF3O2/c1-13-16(14(2)26-21-13)9-22-11-19(12-22)6-5-15(10-25-19)8-20-18(23)17-4-3-7-24-17;3-2(4,5)1(6)7/h3-4,7,15H,5-6,8-12H2,1-2H3,(H,20,23);(H,6,7). The summed E-state index contributed by atoms with van der Waals surface area (Å²) >= 11 is 0. The maximum atomic E-state index is 11.9. The summed E-state index contributed by atoms with van der Waals surface area (Å²) in [6.45, 7) is 8.03. The highest BCUT2D eigenvalue weighted by Crippen LogP contribution is 2.37. The Kier molecular flexibility index (Phi) is 7.48. The minimum absolute atomic E-state index is 0.0134. The average Bonchev–Trinajstić information content (AvgIpc) is 3.37. The van der Waals surface area contributed by atoms with E-state index in [2.05, 4.69) is 15.4 Å². The Labute approximate surface area is 187 Å². The van der Waals surface area contributed by atoms with Crippen LogP contribution in [0.2, 0.25) is 0 Å². The Morgan fingerprint density at radius 2 is 2.03 bits per heavy atom. The summed E-state index contributed by atoms with van der Waals surface area (Å²) in [6.07, 6.45) is -1.47. The lowest BCUT2D eigenvalue weighted by Crippen LogP contribution is -2.64. The molecule has 4 heterocycles. The number of alkyl halides is 3. The number of hydrogen-bond acceptors (Lipinski definition) is 7. The molecular weight excluding hydrogens is 447 g/mol. The topological polar surface area (TPSA) is 118 Å². The molecule has 0 aliphatic carbocycles. The third-order valence-corrected chi connectivity index (χ3v) is 5.76. The number of hydrogen-bond donors (Lipinski definition) is 2. The molecule has 4 rings (SSSR count). The number of halogens is 3. The first-order valence-electron chi connectivity index (χ1n) is 10.4. The van der Waals surface area contributed by atoms with E-state index >= 15 is 0 Å². The van der Waals surface area contributed by atoms with Gasteiger partial charge in [-0.15, -0.1) is 0 Å². The van der Waals surface area contributed by atoms with Crippen molar-refractivity contribution < 1.29 is 41.5 Å². The fraction of sp³-hybridized carbons (Fsp3) is 0.571. The number of rotatable bonds is 5. The summed E-state index contributed by atoms with van der Waals surface area (Å²) in [4.78, 5) is 23.2. The molecule has 1 amide bonds. The van der Waals surface area contributed by atoms with Crippen LogP contribution in [0.3, 0.4) is 0 Å². The van der Waals surface area contributed by atoms with Crippen LogP contribution in [0.4, 0.5) is 13.2 Å². The number of amides is 1. The number of nitrogens with one attached hydrogen (secondary N) is 1. The number of aryl methyl sites for hydroxylation is 2. The van der Waals surface area contributed by atoms with Gasteiger partial charge in [0.05, 0.1) is 24.2 Å². The molecule has 1 unspecified atom stereocenters. The Morgan fingerprint density at radius 3 is 2.52 bits per heavy atom. The summed E-state index contributed by atoms with van der Waals surface area (Å²) in [5, 5.41) is 14.1. The molecule has 2 aromatic heterocycles. The number of carbonyl (C=O) groups is 2. The van der Waals surface area contributed by atoms with Crippen molar-refractivity contribution in [1.29, 1.82) is 0 Å². The van der Waals surface area contributed by atoms with E-state index in [4.69, 9.17) is 23.6 Å². The summed E-state index contributed by atoms with van der Waals surface area (Å²) in [5.74, 6) is -1.30. The molecule has 12 heteroatoms. The molecule has 1 atom stereocenters. The smallest absolute Gasteiger partial charge is 0.475 e. The van der Waals surface area contributed by atoms with E-state index in [-0.39, 0.29) is 11.5 Å². The zero-order valence-corrected chi connectivity index (χ0v) is 18.3. The van der Waals surface area contributed by atoms with Gasteiger partial charge in [-0.1, -0.05) is 5.16 Å². The van der Waals surface area contributed by atoms with Crippen LogP contribution in [0.5, 0.6) is 0 Å². The van der Waals surface area contributed by atoms with Gasteiger partial charge in [-0.3, -0.25) is 9.69 Å². The predicted molar refractivity (Wildman–Crippen MR) is 107 cm³/mol. The van der Waals surface area contributed by atoms with E-state index in [1.54, 1.807) is 12.1 Å². The number of likely N-dealkylation sites (tertiary alicyclic amines) is 1. The average molecular weight is 473 g/mol. The lowest BCUT2D eigenvalue weighted by atomic mass is 9.82.